The number of carbonyl (C=O) groups is 1. The predicted molar refractivity (Wildman–Crippen MR) is 118 cm³/mol. The first-order valence-electron chi connectivity index (χ1n) is 10.7. The molecule has 1 atom stereocenters. The van der Waals surface area contributed by atoms with Crippen molar-refractivity contribution in [2.45, 2.75) is 25.3 Å². The SMILES string of the molecule is O=C1C[C@@H](c2ccccc2)Cc2nc(N3CCN(Cc4ccccc4)CC3)ncc21. The highest BCUT2D eigenvalue weighted by Gasteiger charge is 2.29. The van der Waals surface area contributed by atoms with Crippen molar-refractivity contribution in [3.05, 3.63) is 89.2 Å². The van der Waals surface area contributed by atoms with E-state index in [0.29, 0.717) is 12.0 Å². The molecule has 5 nitrogen and oxygen atoms in total. The number of Topliss-reactive ketones (excluding diaryl/α,β-unsaturated/α-hetero) is 1. The number of aromatic nitrogens is 2. The van der Waals surface area contributed by atoms with Gasteiger partial charge in [-0.2, -0.15) is 0 Å². The summed E-state index contributed by atoms with van der Waals surface area (Å²) in [5.74, 6) is 1.12. The lowest BCUT2D eigenvalue weighted by atomic mass is 9.82. The molecule has 1 fully saturated rings. The van der Waals surface area contributed by atoms with E-state index < -0.39 is 0 Å². The number of nitrogens with zero attached hydrogens (tertiary/aromatic N) is 4. The van der Waals surface area contributed by atoms with E-state index in [4.69, 9.17) is 4.98 Å². The molecule has 152 valence electrons. The molecule has 2 heterocycles. The Morgan fingerprint density at radius 3 is 2.30 bits per heavy atom. The van der Waals surface area contributed by atoms with Crippen LogP contribution in [0.5, 0.6) is 0 Å². The zero-order valence-electron chi connectivity index (χ0n) is 17.1. The molecule has 1 saturated heterocycles. The highest BCUT2D eigenvalue weighted by molar-refractivity contribution is 5.98. The van der Waals surface area contributed by atoms with Crippen molar-refractivity contribution in [3.63, 3.8) is 0 Å². The number of hydrogen-bond acceptors (Lipinski definition) is 5. The Morgan fingerprint density at radius 1 is 0.867 bits per heavy atom. The fourth-order valence-corrected chi connectivity index (χ4v) is 4.50. The van der Waals surface area contributed by atoms with Crippen LogP contribution in [-0.2, 0) is 13.0 Å². The number of ketones is 1. The van der Waals surface area contributed by atoms with Crippen LogP contribution in [-0.4, -0.2) is 46.8 Å². The van der Waals surface area contributed by atoms with Gasteiger partial charge in [0.1, 0.15) is 0 Å². The maximum absolute atomic E-state index is 12.7. The van der Waals surface area contributed by atoms with Gasteiger partial charge in [0.2, 0.25) is 5.95 Å². The van der Waals surface area contributed by atoms with Crippen molar-refractivity contribution in [3.8, 4) is 0 Å². The van der Waals surface area contributed by atoms with Crippen LogP contribution in [0, 0.1) is 0 Å². The van der Waals surface area contributed by atoms with Crippen molar-refractivity contribution in [2.75, 3.05) is 31.1 Å². The van der Waals surface area contributed by atoms with E-state index in [-0.39, 0.29) is 11.7 Å². The number of fused-ring (bicyclic) bond motifs is 1. The minimum Gasteiger partial charge on any atom is -0.338 e. The monoisotopic (exact) mass is 398 g/mol. The van der Waals surface area contributed by atoms with Crippen LogP contribution in [0.3, 0.4) is 0 Å². The van der Waals surface area contributed by atoms with Crippen molar-refractivity contribution < 1.29 is 4.79 Å². The molecule has 1 aromatic heterocycles. The molecule has 5 heteroatoms. The summed E-state index contributed by atoms with van der Waals surface area (Å²) in [6.45, 7) is 4.76. The van der Waals surface area contributed by atoms with Crippen molar-refractivity contribution in [1.82, 2.24) is 14.9 Å². The molecule has 30 heavy (non-hydrogen) atoms. The predicted octanol–water partition coefficient (Wildman–Crippen LogP) is 3.71. The Balaban J connectivity index is 1.27. The van der Waals surface area contributed by atoms with Gasteiger partial charge in [0.15, 0.2) is 5.78 Å². The molecule has 2 aromatic carbocycles. The molecule has 5 rings (SSSR count). The maximum Gasteiger partial charge on any atom is 0.225 e. The van der Waals surface area contributed by atoms with E-state index in [1.807, 2.05) is 18.2 Å². The van der Waals surface area contributed by atoms with Gasteiger partial charge in [-0.15, -0.1) is 0 Å². The normalized spacial score (nSPS) is 19.5. The molecule has 0 N–H and O–H groups in total. The van der Waals surface area contributed by atoms with Gasteiger partial charge in [-0.1, -0.05) is 60.7 Å². The minimum absolute atomic E-state index is 0.157. The Bertz CT molecular complexity index is 1010. The summed E-state index contributed by atoms with van der Waals surface area (Å²) in [5.41, 5.74) is 4.16. The summed E-state index contributed by atoms with van der Waals surface area (Å²) in [6, 6.07) is 20.9. The van der Waals surface area contributed by atoms with Gasteiger partial charge in [-0.05, 0) is 23.5 Å². The van der Waals surface area contributed by atoms with E-state index in [1.165, 1.54) is 11.1 Å². The van der Waals surface area contributed by atoms with E-state index >= 15 is 0 Å². The molecular weight excluding hydrogens is 372 g/mol. The van der Waals surface area contributed by atoms with E-state index in [0.717, 1.165) is 50.8 Å². The number of benzene rings is 2. The van der Waals surface area contributed by atoms with Crippen LogP contribution >= 0.6 is 0 Å². The summed E-state index contributed by atoms with van der Waals surface area (Å²) in [6.07, 6.45) is 3.09. The summed E-state index contributed by atoms with van der Waals surface area (Å²) >= 11 is 0. The molecule has 0 amide bonds. The first-order valence-corrected chi connectivity index (χ1v) is 10.7. The van der Waals surface area contributed by atoms with Gasteiger partial charge in [-0.25, -0.2) is 9.97 Å². The van der Waals surface area contributed by atoms with Gasteiger partial charge in [-0.3, -0.25) is 9.69 Å². The van der Waals surface area contributed by atoms with E-state index in [9.17, 15) is 4.79 Å². The standard InChI is InChI=1S/C25H26N4O/c30-24-16-21(20-9-5-2-6-10-20)15-23-22(24)17-26-25(27-23)29-13-11-28(12-14-29)18-19-7-3-1-4-8-19/h1-10,17,21H,11-16,18H2/t21-/m0/s1. The third-order valence-electron chi connectivity index (χ3n) is 6.20. The zero-order chi connectivity index (χ0) is 20.3. The lowest BCUT2D eigenvalue weighted by Gasteiger charge is -2.35. The highest BCUT2D eigenvalue weighted by atomic mass is 16.1. The first kappa shape index (κ1) is 18.9. The molecule has 0 saturated carbocycles. The Labute approximate surface area is 177 Å². The molecular formula is C25H26N4O. The van der Waals surface area contributed by atoms with Gasteiger partial charge in [0.05, 0.1) is 11.3 Å². The fraction of sp³-hybridized carbons (Fsp3) is 0.320. The number of anilines is 1. The average molecular weight is 399 g/mol. The molecule has 1 aliphatic carbocycles. The van der Waals surface area contributed by atoms with Gasteiger partial charge in [0.25, 0.3) is 0 Å². The van der Waals surface area contributed by atoms with Crippen LogP contribution in [0.25, 0.3) is 0 Å². The molecule has 2 aliphatic rings. The van der Waals surface area contributed by atoms with Gasteiger partial charge < -0.3 is 4.90 Å². The quantitative estimate of drug-likeness (QED) is 0.671. The smallest absolute Gasteiger partial charge is 0.225 e. The van der Waals surface area contributed by atoms with E-state index in [2.05, 4.69) is 57.2 Å². The molecule has 0 bridgehead atoms. The summed E-state index contributed by atoms with van der Waals surface area (Å²) in [7, 11) is 0. The second-order valence-electron chi connectivity index (χ2n) is 8.22. The molecule has 0 spiro atoms. The zero-order valence-corrected chi connectivity index (χ0v) is 17.1. The Hall–Kier alpha value is -3.05. The fourth-order valence-electron chi connectivity index (χ4n) is 4.50. The number of carbonyl (C=O) groups excluding carboxylic acids is 1. The molecule has 3 aromatic rings. The largest absolute Gasteiger partial charge is 0.338 e. The Morgan fingerprint density at radius 2 is 1.57 bits per heavy atom. The second kappa shape index (κ2) is 8.36. The Kier molecular flexibility index (Phi) is 5.28. The van der Waals surface area contributed by atoms with Crippen molar-refractivity contribution in [1.29, 1.82) is 0 Å². The topological polar surface area (TPSA) is 49.3 Å². The molecule has 0 unspecified atom stereocenters. The lowest BCUT2D eigenvalue weighted by molar-refractivity contribution is 0.0962. The van der Waals surface area contributed by atoms with Gasteiger partial charge in [0, 0.05) is 45.3 Å². The minimum atomic E-state index is 0.157. The lowest BCUT2D eigenvalue weighted by Crippen LogP contribution is -2.46. The van der Waals surface area contributed by atoms with E-state index in [1.54, 1.807) is 6.20 Å². The summed E-state index contributed by atoms with van der Waals surface area (Å²) in [4.78, 5) is 26.8. The average Bonchev–Trinajstić information content (AvgIpc) is 2.80. The van der Waals surface area contributed by atoms with Crippen molar-refractivity contribution in [2.24, 2.45) is 0 Å². The molecule has 1 aliphatic heterocycles. The van der Waals surface area contributed by atoms with Crippen LogP contribution < -0.4 is 4.90 Å². The number of hydrogen-bond donors (Lipinski definition) is 0. The highest BCUT2D eigenvalue weighted by Crippen LogP contribution is 2.32. The van der Waals surface area contributed by atoms with Gasteiger partial charge >= 0.3 is 0 Å². The van der Waals surface area contributed by atoms with Crippen molar-refractivity contribution >= 4 is 11.7 Å². The molecule has 0 radical (unpaired) electrons. The first-order chi connectivity index (χ1) is 14.8. The second-order valence-corrected chi connectivity index (χ2v) is 8.22. The number of rotatable bonds is 4. The maximum atomic E-state index is 12.7. The van der Waals surface area contributed by atoms with Crippen LogP contribution in [0.15, 0.2) is 66.9 Å². The van der Waals surface area contributed by atoms with Crippen LogP contribution in [0.4, 0.5) is 5.95 Å². The van der Waals surface area contributed by atoms with Crippen LogP contribution in [0.2, 0.25) is 0 Å². The third kappa shape index (κ3) is 3.98. The third-order valence-corrected chi connectivity index (χ3v) is 6.20. The number of piperazine rings is 1. The van der Waals surface area contributed by atoms with Crippen LogP contribution in [0.1, 0.15) is 39.5 Å². The summed E-state index contributed by atoms with van der Waals surface area (Å²) < 4.78 is 0. The summed E-state index contributed by atoms with van der Waals surface area (Å²) in [5, 5.41) is 0.